The molecule has 0 unspecified atom stereocenters. The molecule has 0 atom stereocenters. The summed E-state index contributed by atoms with van der Waals surface area (Å²) in [5.74, 6) is -0.395. The van der Waals surface area contributed by atoms with E-state index in [1.54, 1.807) is 4.68 Å². The molecule has 0 aliphatic heterocycles. The van der Waals surface area contributed by atoms with Gasteiger partial charge in [-0.15, -0.1) is 5.10 Å². The third kappa shape index (κ3) is 3.39. The largest absolute Gasteiger partial charge is 0.366 e. The molecule has 22 heavy (non-hydrogen) atoms. The quantitative estimate of drug-likeness (QED) is 0.485. The second kappa shape index (κ2) is 6.52. The van der Waals surface area contributed by atoms with Gasteiger partial charge in [-0.3, -0.25) is 14.9 Å². The van der Waals surface area contributed by atoms with Crippen LogP contribution in [-0.2, 0) is 5.75 Å². The lowest BCUT2D eigenvalue weighted by molar-refractivity contribution is -0.385. The van der Waals surface area contributed by atoms with Gasteiger partial charge in [-0.1, -0.05) is 17.8 Å². The fourth-order valence-electron chi connectivity index (χ4n) is 1.76. The average molecular weight is 322 g/mol. The van der Waals surface area contributed by atoms with Gasteiger partial charge in [0.1, 0.15) is 0 Å². The van der Waals surface area contributed by atoms with Crippen molar-refractivity contribution in [3.8, 4) is 0 Å². The van der Waals surface area contributed by atoms with E-state index < -0.39 is 10.8 Å². The molecule has 116 valence electrons. The van der Waals surface area contributed by atoms with Crippen LogP contribution >= 0.6 is 11.8 Å². The molecule has 0 fully saturated rings. The van der Waals surface area contributed by atoms with Gasteiger partial charge >= 0.3 is 0 Å². The maximum absolute atomic E-state index is 11.1. The number of rotatable bonds is 6. The fraction of sp³-hybridized carbons (Fsp3) is 0.333. The van der Waals surface area contributed by atoms with Crippen molar-refractivity contribution >= 4 is 23.4 Å². The number of primary amides is 1. The molecule has 1 amide bonds. The summed E-state index contributed by atoms with van der Waals surface area (Å²) >= 11 is 1.29. The third-order valence-electron chi connectivity index (χ3n) is 2.88. The number of hydrogen-bond donors (Lipinski definition) is 1. The Bertz CT molecular complexity index is 715. The van der Waals surface area contributed by atoms with Crippen molar-refractivity contribution in [2.45, 2.75) is 30.8 Å². The van der Waals surface area contributed by atoms with Crippen LogP contribution in [0, 0.1) is 10.1 Å². The number of nitro groups is 1. The highest BCUT2D eigenvalue weighted by Gasteiger charge is 2.18. The van der Waals surface area contributed by atoms with Crippen LogP contribution in [0.3, 0.4) is 0 Å². The number of carbonyl (C=O) groups is 1. The minimum atomic E-state index is -0.703. The van der Waals surface area contributed by atoms with E-state index in [4.69, 9.17) is 5.73 Å². The predicted octanol–water partition coefficient (Wildman–Crippen LogP) is 1.55. The third-order valence-corrected chi connectivity index (χ3v) is 3.86. The first kappa shape index (κ1) is 15.9. The molecule has 0 aliphatic rings. The van der Waals surface area contributed by atoms with Crippen LogP contribution in [0.15, 0.2) is 23.4 Å². The Morgan fingerprint density at radius 2 is 2.23 bits per heavy atom. The Labute approximate surface area is 130 Å². The molecule has 2 rings (SSSR count). The van der Waals surface area contributed by atoms with E-state index in [1.165, 1.54) is 30.0 Å². The van der Waals surface area contributed by atoms with Gasteiger partial charge in [-0.05, 0) is 30.3 Å². The number of amides is 1. The smallest absolute Gasteiger partial charge is 0.274 e. The molecule has 10 heteroatoms. The standard InChI is InChI=1S/C12H14N6O3S/c1-7(2)17-12(14-15-16-17)22-6-9-4-3-8(11(13)19)5-10(9)18(20)21/h3-5,7H,6H2,1-2H3,(H2,13,19). The Kier molecular flexibility index (Phi) is 4.71. The first-order valence-electron chi connectivity index (χ1n) is 6.38. The van der Waals surface area contributed by atoms with Crippen molar-refractivity contribution in [3.63, 3.8) is 0 Å². The van der Waals surface area contributed by atoms with E-state index in [-0.39, 0.29) is 17.3 Å². The molecular weight excluding hydrogens is 308 g/mol. The molecule has 1 aromatic carbocycles. The van der Waals surface area contributed by atoms with E-state index in [0.29, 0.717) is 16.5 Å². The summed E-state index contributed by atoms with van der Waals surface area (Å²) in [4.78, 5) is 21.7. The minimum Gasteiger partial charge on any atom is -0.366 e. The van der Waals surface area contributed by atoms with Crippen molar-refractivity contribution < 1.29 is 9.72 Å². The lowest BCUT2D eigenvalue weighted by atomic mass is 10.1. The van der Waals surface area contributed by atoms with Crippen molar-refractivity contribution in [1.29, 1.82) is 0 Å². The summed E-state index contributed by atoms with van der Waals surface area (Å²) in [7, 11) is 0. The second-order valence-electron chi connectivity index (χ2n) is 4.75. The molecule has 9 nitrogen and oxygen atoms in total. The topological polar surface area (TPSA) is 130 Å². The van der Waals surface area contributed by atoms with Crippen LogP contribution in [0.5, 0.6) is 0 Å². The van der Waals surface area contributed by atoms with E-state index in [0.717, 1.165) is 0 Å². The number of nitro benzene ring substituents is 1. The summed E-state index contributed by atoms with van der Waals surface area (Å²) in [5, 5.41) is 23.1. The van der Waals surface area contributed by atoms with Gasteiger partial charge in [0.15, 0.2) is 0 Å². The highest BCUT2D eigenvalue weighted by Crippen LogP contribution is 2.28. The van der Waals surface area contributed by atoms with Crippen LogP contribution in [0.2, 0.25) is 0 Å². The second-order valence-corrected chi connectivity index (χ2v) is 5.70. The lowest BCUT2D eigenvalue weighted by Gasteiger charge is -2.07. The number of nitrogens with zero attached hydrogens (tertiary/aromatic N) is 5. The van der Waals surface area contributed by atoms with E-state index in [2.05, 4.69) is 15.5 Å². The van der Waals surface area contributed by atoms with Gasteiger partial charge in [0.2, 0.25) is 11.1 Å². The number of aromatic nitrogens is 4. The Hall–Kier alpha value is -2.49. The average Bonchev–Trinajstić information content (AvgIpc) is 2.93. The minimum absolute atomic E-state index is 0.0877. The molecule has 2 aromatic rings. The van der Waals surface area contributed by atoms with Gasteiger partial charge in [0, 0.05) is 22.9 Å². The number of hydrogen-bond acceptors (Lipinski definition) is 7. The zero-order chi connectivity index (χ0) is 16.3. The summed E-state index contributed by atoms with van der Waals surface area (Å²) in [6.07, 6.45) is 0. The fourth-order valence-corrected chi connectivity index (χ4v) is 2.76. The molecular formula is C12H14N6O3S. The van der Waals surface area contributed by atoms with Gasteiger partial charge in [-0.2, -0.15) is 0 Å². The zero-order valence-corrected chi connectivity index (χ0v) is 12.8. The molecule has 0 spiro atoms. The number of benzene rings is 1. The van der Waals surface area contributed by atoms with Gasteiger partial charge in [0.25, 0.3) is 5.69 Å². The van der Waals surface area contributed by atoms with E-state index in [9.17, 15) is 14.9 Å². The molecule has 0 bridgehead atoms. The van der Waals surface area contributed by atoms with Crippen LogP contribution in [-0.4, -0.2) is 31.0 Å². The molecule has 0 radical (unpaired) electrons. The highest BCUT2D eigenvalue weighted by atomic mass is 32.2. The summed E-state index contributed by atoms with van der Waals surface area (Å²) < 4.78 is 1.63. The normalized spacial score (nSPS) is 10.9. The first-order valence-corrected chi connectivity index (χ1v) is 7.36. The molecule has 0 saturated heterocycles. The Morgan fingerprint density at radius 1 is 1.50 bits per heavy atom. The van der Waals surface area contributed by atoms with Crippen LogP contribution in [0.25, 0.3) is 0 Å². The molecule has 1 aromatic heterocycles. The number of nitrogens with two attached hydrogens (primary N) is 1. The lowest BCUT2D eigenvalue weighted by Crippen LogP contribution is -2.11. The predicted molar refractivity (Wildman–Crippen MR) is 79.4 cm³/mol. The molecule has 1 heterocycles. The molecule has 2 N–H and O–H groups in total. The zero-order valence-electron chi connectivity index (χ0n) is 12.0. The number of tetrazole rings is 1. The summed E-state index contributed by atoms with van der Waals surface area (Å²) in [6.45, 7) is 3.87. The number of carbonyl (C=O) groups excluding carboxylic acids is 1. The van der Waals surface area contributed by atoms with Crippen molar-refractivity contribution in [2.24, 2.45) is 5.73 Å². The maximum atomic E-state index is 11.1. The van der Waals surface area contributed by atoms with E-state index >= 15 is 0 Å². The number of thioether (sulfide) groups is 1. The first-order chi connectivity index (χ1) is 10.4. The Balaban J connectivity index is 2.24. The Morgan fingerprint density at radius 3 is 2.82 bits per heavy atom. The van der Waals surface area contributed by atoms with E-state index in [1.807, 2.05) is 13.8 Å². The van der Waals surface area contributed by atoms with Crippen molar-refractivity contribution in [1.82, 2.24) is 20.2 Å². The van der Waals surface area contributed by atoms with Crippen LogP contribution < -0.4 is 5.73 Å². The van der Waals surface area contributed by atoms with Gasteiger partial charge in [0.05, 0.1) is 11.0 Å². The van der Waals surface area contributed by atoms with Crippen LogP contribution in [0.4, 0.5) is 5.69 Å². The SMILES string of the molecule is CC(C)n1nnnc1SCc1ccc(C(N)=O)cc1[N+](=O)[O-]. The maximum Gasteiger partial charge on any atom is 0.274 e. The van der Waals surface area contributed by atoms with Crippen LogP contribution in [0.1, 0.15) is 35.8 Å². The monoisotopic (exact) mass is 322 g/mol. The molecule has 0 aliphatic carbocycles. The summed E-state index contributed by atoms with van der Waals surface area (Å²) in [5.41, 5.74) is 5.57. The van der Waals surface area contributed by atoms with Gasteiger partial charge in [-0.25, -0.2) is 4.68 Å². The summed E-state index contributed by atoms with van der Waals surface area (Å²) in [6, 6.07) is 4.26. The van der Waals surface area contributed by atoms with Crippen molar-refractivity contribution in [2.75, 3.05) is 0 Å². The van der Waals surface area contributed by atoms with Crippen molar-refractivity contribution in [3.05, 3.63) is 39.4 Å². The highest BCUT2D eigenvalue weighted by molar-refractivity contribution is 7.98. The van der Waals surface area contributed by atoms with Gasteiger partial charge < -0.3 is 5.73 Å². The molecule has 0 saturated carbocycles.